The lowest BCUT2D eigenvalue weighted by Crippen LogP contribution is -2.14. The molecule has 88 valence electrons. The molecule has 2 rings (SSSR count). The van der Waals surface area contributed by atoms with E-state index in [1.54, 1.807) is 19.2 Å². The van der Waals surface area contributed by atoms with Crippen LogP contribution >= 0.6 is 0 Å². The number of H-pyrrole nitrogens is 1. The molecule has 1 atom stereocenters. The van der Waals surface area contributed by atoms with Gasteiger partial charge in [-0.15, -0.1) is 0 Å². The van der Waals surface area contributed by atoms with Gasteiger partial charge in [-0.05, 0) is 18.2 Å². The number of hydrogen-bond donors (Lipinski definition) is 2. The quantitative estimate of drug-likeness (QED) is 0.840. The molecule has 0 aromatic carbocycles. The normalized spacial score (nSPS) is 12.3. The Bertz CT molecular complexity index is 508. The molecule has 2 aromatic rings. The summed E-state index contributed by atoms with van der Waals surface area (Å²) in [5, 5.41) is 8.83. The summed E-state index contributed by atoms with van der Waals surface area (Å²) in [5.74, 6) is -0.764. The Labute approximate surface area is 98.6 Å². The van der Waals surface area contributed by atoms with E-state index < -0.39 is 11.9 Å². The number of carboxylic acids is 1. The molecule has 2 heterocycles. The topological polar surface area (TPSA) is 78.9 Å². The van der Waals surface area contributed by atoms with Gasteiger partial charge in [-0.3, -0.25) is 4.79 Å². The van der Waals surface area contributed by atoms with Crippen LogP contribution in [-0.4, -0.2) is 26.0 Å². The van der Waals surface area contributed by atoms with E-state index in [-0.39, 0.29) is 0 Å². The number of rotatable bonds is 4. The van der Waals surface area contributed by atoms with E-state index in [9.17, 15) is 4.79 Å². The molecule has 0 spiro atoms. The highest BCUT2D eigenvalue weighted by Gasteiger charge is 2.13. The third-order valence-electron chi connectivity index (χ3n) is 2.49. The van der Waals surface area contributed by atoms with Crippen molar-refractivity contribution in [3.63, 3.8) is 0 Å². The van der Waals surface area contributed by atoms with E-state index in [0.717, 1.165) is 11.4 Å². The molecule has 2 aromatic heterocycles. The molecule has 17 heavy (non-hydrogen) atoms. The Morgan fingerprint density at radius 1 is 1.53 bits per heavy atom. The smallest absolute Gasteiger partial charge is 0.306 e. The maximum atomic E-state index is 10.8. The summed E-state index contributed by atoms with van der Waals surface area (Å²) in [7, 11) is 0. The Balaban J connectivity index is 2.20. The number of aromatic nitrogens is 3. The molecule has 5 nitrogen and oxygen atoms in total. The van der Waals surface area contributed by atoms with Gasteiger partial charge in [0.2, 0.25) is 0 Å². The average Bonchev–Trinajstić information content (AvgIpc) is 2.82. The number of aliphatic carboxylic acids is 1. The zero-order chi connectivity index (χ0) is 12.3. The molecule has 2 N–H and O–H groups in total. The zero-order valence-electron chi connectivity index (χ0n) is 9.42. The van der Waals surface area contributed by atoms with Gasteiger partial charge in [0.25, 0.3) is 0 Å². The largest absolute Gasteiger partial charge is 0.481 e. The van der Waals surface area contributed by atoms with Crippen molar-refractivity contribution in [2.24, 2.45) is 5.92 Å². The van der Waals surface area contributed by atoms with E-state index >= 15 is 0 Å². The third-order valence-corrected chi connectivity index (χ3v) is 2.49. The Kier molecular flexibility index (Phi) is 3.18. The maximum absolute atomic E-state index is 10.8. The van der Waals surface area contributed by atoms with Crippen molar-refractivity contribution in [1.29, 1.82) is 0 Å². The van der Waals surface area contributed by atoms with E-state index in [1.807, 2.05) is 18.3 Å². The summed E-state index contributed by atoms with van der Waals surface area (Å²) >= 11 is 0. The van der Waals surface area contributed by atoms with Crippen LogP contribution in [0, 0.1) is 5.92 Å². The number of carboxylic acid groups (broad SMARTS) is 1. The van der Waals surface area contributed by atoms with Crippen LogP contribution in [0.2, 0.25) is 0 Å². The Morgan fingerprint density at radius 2 is 2.35 bits per heavy atom. The minimum atomic E-state index is -0.834. The summed E-state index contributed by atoms with van der Waals surface area (Å²) in [6.45, 7) is 1.65. The first kappa shape index (κ1) is 11.3. The van der Waals surface area contributed by atoms with Crippen molar-refractivity contribution in [2.45, 2.75) is 13.3 Å². The van der Waals surface area contributed by atoms with Gasteiger partial charge in [-0.2, -0.15) is 0 Å². The Hall–Kier alpha value is -2.17. The highest BCUT2D eigenvalue weighted by atomic mass is 16.4. The van der Waals surface area contributed by atoms with Crippen molar-refractivity contribution < 1.29 is 9.90 Å². The predicted octanol–water partition coefficient (Wildman–Crippen LogP) is 1.73. The average molecular weight is 231 g/mol. The molecule has 0 aliphatic rings. The van der Waals surface area contributed by atoms with Crippen LogP contribution in [0.1, 0.15) is 12.7 Å². The second kappa shape index (κ2) is 4.78. The number of carbonyl (C=O) groups is 1. The van der Waals surface area contributed by atoms with Crippen molar-refractivity contribution in [3.05, 3.63) is 36.4 Å². The molecule has 1 unspecified atom stereocenters. The fraction of sp³-hybridized carbons (Fsp3) is 0.250. The molecule has 0 bridgehead atoms. The van der Waals surface area contributed by atoms with E-state index in [4.69, 9.17) is 5.11 Å². The summed E-state index contributed by atoms with van der Waals surface area (Å²) < 4.78 is 0. The maximum Gasteiger partial charge on any atom is 0.306 e. The monoisotopic (exact) mass is 231 g/mol. The molecule has 0 saturated heterocycles. The minimum absolute atomic E-state index is 0.337. The van der Waals surface area contributed by atoms with Crippen LogP contribution in [0.4, 0.5) is 0 Å². The standard InChI is InChI=1S/C12H13N3O2/c1-8(12(16)17)7-11-14-6-4-10(15-11)9-3-2-5-13-9/h2-6,8,13H,7H2,1H3,(H,16,17). The molecular weight excluding hydrogens is 218 g/mol. The minimum Gasteiger partial charge on any atom is -0.481 e. The highest BCUT2D eigenvalue weighted by molar-refractivity contribution is 5.69. The molecule has 0 amide bonds. The zero-order valence-corrected chi connectivity index (χ0v) is 9.42. The van der Waals surface area contributed by atoms with E-state index in [2.05, 4.69) is 15.0 Å². The van der Waals surface area contributed by atoms with E-state index in [0.29, 0.717) is 12.2 Å². The van der Waals surface area contributed by atoms with Crippen molar-refractivity contribution in [1.82, 2.24) is 15.0 Å². The predicted molar refractivity (Wildman–Crippen MR) is 62.3 cm³/mol. The van der Waals surface area contributed by atoms with Gasteiger partial charge in [-0.1, -0.05) is 6.92 Å². The summed E-state index contributed by atoms with van der Waals surface area (Å²) in [4.78, 5) is 22.2. The molecule has 0 aliphatic carbocycles. The van der Waals surface area contributed by atoms with Crippen molar-refractivity contribution in [3.8, 4) is 11.4 Å². The van der Waals surface area contributed by atoms with Gasteiger partial charge >= 0.3 is 5.97 Å². The van der Waals surface area contributed by atoms with Gasteiger partial charge < -0.3 is 10.1 Å². The van der Waals surface area contributed by atoms with Crippen LogP contribution < -0.4 is 0 Å². The molecule has 0 fully saturated rings. The second-order valence-corrected chi connectivity index (χ2v) is 3.89. The Morgan fingerprint density at radius 3 is 3.00 bits per heavy atom. The van der Waals surface area contributed by atoms with Gasteiger partial charge in [0.1, 0.15) is 5.82 Å². The molecule has 5 heteroatoms. The number of nitrogens with zero attached hydrogens (tertiary/aromatic N) is 2. The van der Waals surface area contributed by atoms with Gasteiger partial charge in [0.05, 0.1) is 17.3 Å². The summed E-state index contributed by atoms with van der Waals surface area (Å²) in [6, 6.07) is 5.59. The molecule has 0 aliphatic heterocycles. The second-order valence-electron chi connectivity index (χ2n) is 3.89. The van der Waals surface area contributed by atoms with Crippen molar-refractivity contribution >= 4 is 5.97 Å². The van der Waals surface area contributed by atoms with E-state index in [1.165, 1.54) is 0 Å². The first-order valence-electron chi connectivity index (χ1n) is 5.35. The summed E-state index contributed by atoms with van der Waals surface area (Å²) in [5.41, 5.74) is 1.68. The summed E-state index contributed by atoms with van der Waals surface area (Å²) in [6.07, 6.45) is 3.80. The molecular formula is C12H13N3O2. The number of aromatic amines is 1. The van der Waals surface area contributed by atoms with Crippen LogP contribution in [0.25, 0.3) is 11.4 Å². The van der Waals surface area contributed by atoms with Crippen LogP contribution in [0.15, 0.2) is 30.6 Å². The van der Waals surface area contributed by atoms with Crippen molar-refractivity contribution in [2.75, 3.05) is 0 Å². The fourth-order valence-corrected chi connectivity index (χ4v) is 1.50. The molecule has 0 saturated carbocycles. The lowest BCUT2D eigenvalue weighted by atomic mass is 10.1. The number of nitrogens with one attached hydrogen (secondary N) is 1. The highest BCUT2D eigenvalue weighted by Crippen LogP contribution is 2.14. The van der Waals surface area contributed by atoms with Gasteiger partial charge in [0.15, 0.2) is 0 Å². The van der Waals surface area contributed by atoms with Crippen LogP contribution in [-0.2, 0) is 11.2 Å². The van der Waals surface area contributed by atoms with Crippen LogP contribution in [0.3, 0.4) is 0 Å². The lowest BCUT2D eigenvalue weighted by molar-refractivity contribution is -0.141. The van der Waals surface area contributed by atoms with Crippen LogP contribution in [0.5, 0.6) is 0 Å². The first-order chi connectivity index (χ1) is 8.16. The first-order valence-corrected chi connectivity index (χ1v) is 5.35. The fourth-order valence-electron chi connectivity index (χ4n) is 1.50. The lowest BCUT2D eigenvalue weighted by Gasteiger charge is -2.05. The third kappa shape index (κ3) is 2.69. The van der Waals surface area contributed by atoms with Gasteiger partial charge in [-0.25, -0.2) is 9.97 Å². The molecule has 0 radical (unpaired) electrons. The van der Waals surface area contributed by atoms with Gasteiger partial charge in [0, 0.05) is 18.8 Å². The number of hydrogen-bond acceptors (Lipinski definition) is 3. The SMILES string of the molecule is CC(Cc1nccc(-c2ccc[nH]2)n1)C(=O)O.